The first-order valence-electron chi connectivity index (χ1n) is 8.59. The van der Waals surface area contributed by atoms with E-state index in [9.17, 15) is 0 Å². The fourth-order valence-corrected chi connectivity index (χ4v) is 4.05. The number of para-hydroxylation sites is 1. The van der Waals surface area contributed by atoms with Crippen molar-refractivity contribution in [2.75, 3.05) is 11.9 Å². The minimum absolute atomic E-state index is 0.144. The van der Waals surface area contributed by atoms with Crippen molar-refractivity contribution >= 4 is 16.7 Å². The van der Waals surface area contributed by atoms with Gasteiger partial charge in [-0.15, -0.1) is 0 Å². The Morgan fingerprint density at radius 1 is 1.05 bits per heavy atom. The van der Waals surface area contributed by atoms with Gasteiger partial charge in [-0.1, -0.05) is 37.5 Å². The zero-order valence-corrected chi connectivity index (χ0v) is 13.1. The highest BCUT2D eigenvalue weighted by atomic mass is 16.5. The van der Waals surface area contributed by atoms with E-state index >= 15 is 0 Å². The molecule has 1 aromatic heterocycles. The standard InChI is InChI=1S/C19H24N2O/c1-4-11-19(12-5-1)14-16(10-13-22-19)20-18-9-8-15-6-2-3-7-17(15)21-18/h2-3,6-9,16H,1,4-5,10-14H2,(H,20,21). The molecule has 4 rings (SSSR count). The number of hydrogen-bond acceptors (Lipinski definition) is 3. The van der Waals surface area contributed by atoms with Gasteiger partial charge in [0.15, 0.2) is 0 Å². The number of hydrogen-bond donors (Lipinski definition) is 1. The monoisotopic (exact) mass is 296 g/mol. The topological polar surface area (TPSA) is 34.2 Å². The smallest absolute Gasteiger partial charge is 0.126 e. The van der Waals surface area contributed by atoms with Crippen LogP contribution in [-0.4, -0.2) is 23.2 Å². The zero-order chi connectivity index (χ0) is 14.8. The van der Waals surface area contributed by atoms with Crippen LogP contribution in [0.4, 0.5) is 5.82 Å². The van der Waals surface area contributed by atoms with E-state index < -0.39 is 0 Å². The SMILES string of the molecule is c1ccc2nc(NC3CCOC4(CCCCC4)C3)ccc2c1. The van der Waals surface area contributed by atoms with Crippen LogP contribution in [0.5, 0.6) is 0 Å². The second-order valence-corrected chi connectivity index (χ2v) is 6.82. The number of rotatable bonds is 2. The van der Waals surface area contributed by atoms with Crippen molar-refractivity contribution in [2.45, 2.75) is 56.6 Å². The summed E-state index contributed by atoms with van der Waals surface area (Å²) in [6.07, 6.45) is 8.68. The van der Waals surface area contributed by atoms with Crippen molar-refractivity contribution in [2.24, 2.45) is 0 Å². The number of anilines is 1. The molecule has 1 aliphatic carbocycles. The van der Waals surface area contributed by atoms with Gasteiger partial charge in [-0.3, -0.25) is 0 Å². The summed E-state index contributed by atoms with van der Waals surface area (Å²) in [5.74, 6) is 0.997. The summed E-state index contributed by atoms with van der Waals surface area (Å²) in [5, 5.41) is 4.85. The summed E-state index contributed by atoms with van der Waals surface area (Å²) in [4.78, 5) is 4.75. The third-order valence-electron chi connectivity index (χ3n) is 5.21. The van der Waals surface area contributed by atoms with Gasteiger partial charge in [0.05, 0.1) is 11.1 Å². The summed E-state index contributed by atoms with van der Waals surface area (Å²) in [7, 11) is 0. The summed E-state index contributed by atoms with van der Waals surface area (Å²) >= 11 is 0. The number of nitrogens with zero attached hydrogens (tertiary/aromatic N) is 1. The molecule has 1 atom stereocenters. The van der Waals surface area contributed by atoms with Crippen LogP contribution in [0.2, 0.25) is 0 Å². The lowest BCUT2D eigenvalue weighted by Gasteiger charge is -2.43. The molecule has 0 amide bonds. The van der Waals surface area contributed by atoms with E-state index in [1.807, 2.05) is 6.07 Å². The molecule has 1 aliphatic heterocycles. The highest BCUT2D eigenvalue weighted by Crippen LogP contribution is 2.39. The van der Waals surface area contributed by atoms with Gasteiger partial charge in [0, 0.05) is 18.0 Å². The van der Waals surface area contributed by atoms with Crippen molar-refractivity contribution < 1.29 is 4.74 Å². The lowest BCUT2D eigenvalue weighted by molar-refractivity contribution is -0.103. The van der Waals surface area contributed by atoms with E-state index in [4.69, 9.17) is 9.72 Å². The second kappa shape index (κ2) is 5.88. The molecule has 1 aromatic carbocycles. The predicted octanol–water partition coefficient (Wildman–Crippen LogP) is 4.53. The van der Waals surface area contributed by atoms with Gasteiger partial charge in [0.1, 0.15) is 5.82 Å². The van der Waals surface area contributed by atoms with Crippen molar-refractivity contribution in [3.05, 3.63) is 36.4 Å². The van der Waals surface area contributed by atoms with Crippen molar-refractivity contribution in [1.82, 2.24) is 4.98 Å². The normalized spacial score (nSPS) is 24.5. The van der Waals surface area contributed by atoms with Crippen LogP contribution in [-0.2, 0) is 4.74 Å². The van der Waals surface area contributed by atoms with Crippen LogP contribution < -0.4 is 5.32 Å². The molecule has 116 valence electrons. The molecule has 2 aliphatic rings. The molecule has 1 unspecified atom stereocenters. The minimum Gasteiger partial charge on any atom is -0.375 e. The molecular weight excluding hydrogens is 272 g/mol. The molecule has 0 bridgehead atoms. The summed E-state index contributed by atoms with van der Waals surface area (Å²) in [6.45, 7) is 0.880. The van der Waals surface area contributed by atoms with E-state index in [1.54, 1.807) is 0 Å². The molecule has 3 heteroatoms. The van der Waals surface area contributed by atoms with Crippen LogP contribution in [0.25, 0.3) is 10.9 Å². The third kappa shape index (κ3) is 2.82. The first-order valence-corrected chi connectivity index (χ1v) is 8.59. The average Bonchev–Trinajstić information content (AvgIpc) is 2.56. The van der Waals surface area contributed by atoms with Gasteiger partial charge in [-0.2, -0.15) is 0 Å². The number of fused-ring (bicyclic) bond motifs is 1. The number of ether oxygens (including phenoxy) is 1. The fraction of sp³-hybridized carbons (Fsp3) is 0.526. The van der Waals surface area contributed by atoms with E-state index in [2.05, 4.69) is 35.6 Å². The molecule has 1 spiro atoms. The van der Waals surface area contributed by atoms with Gasteiger partial charge in [-0.25, -0.2) is 4.98 Å². The Morgan fingerprint density at radius 2 is 1.91 bits per heavy atom. The summed E-state index contributed by atoms with van der Waals surface area (Å²) in [6, 6.07) is 13.0. The number of nitrogens with one attached hydrogen (secondary N) is 1. The zero-order valence-electron chi connectivity index (χ0n) is 13.1. The fourth-order valence-electron chi connectivity index (χ4n) is 4.05. The Kier molecular flexibility index (Phi) is 3.75. The van der Waals surface area contributed by atoms with Gasteiger partial charge in [-0.05, 0) is 43.9 Å². The number of pyridine rings is 1. The Labute approximate surface area is 132 Å². The van der Waals surface area contributed by atoms with E-state index in [-0.39, 0.29) is 5.60 Å². The molecular formula is C19H24N2O. The quantitative estimate of drug-likeness (QED) is 0.884. The highest BCUT2D eigenvalue weighted by molar-refractivity contribution is 5.80. The molecule has 1 saturated heterocycles. The van der Waals surface area contributed by atoms with E-state index in [1.165, 1.54) is 37.5 Å². The molecule has 2 fully saturated rings. The van der Waals surface area contributed by atoms with Crippen LogP contribution in [0.15, 0.2) is 36.4 Å². The van der Waals surface area contributed by atoms with Crippen LogP contribution in [0.3, 0.4) is 0 Å². The maximum atomic E-state index is 6.18. The molecule has 0 radical (unpaired) electrons. The third-order valence-corrected chi connectivity index (χ3v) is 5.21. The molecule has 3 nitrogen and oxygen atoms in total. The Morgan fingerprint density at radius 3 is 2.82 bits per heavy atom. The van der Waals surface area contributed by atoms with Crippen molar-refractivity contribution in [3.63, 3.8) is 0 Å². The highest BCUT2D eigenvalue weighted by Gasteiger charge is 2.38. The minimum atomic E-state index is 0.144. The Bertz CT molecular complexity index is 643. The van der Waals surface area contributed by atoms with Crippen LogP contribution in [0, 0.1) is 0 Å². The largest absolute Gasteiger partial charge is 0.375 e. The predicted molar refractivity (Wildman–Crippen MR) is 90.2 cm³/mol. The maximum Gasteiger partial charge on any atom is 0.126 e. The molecule has 2 aromatic rings. The molecule has 1 saturated carbocycles. The van der Waals surface area contributed by atoms with Gasteiger partial charge in [0.2, 0.25) is 0 Å². The van der Waals surface area contributed by atoms with E-state index in [0.717, 1.165) is 30.8 Å². The lowest BCUT2D eigenvalue weighted by Crippen LogP contribution is -2.45. The van der Waals surface area contributed by atoms with Gasteiger partial charge < -0.3 is 10.1 Å². The van der Waals surface area contributed by atoms with Gasteiger partial charge >= 0.3 is 0 Å². The molecule has 22 heavy (non-hydrogen) atoms. The summed E-state index contributed by atoms with van der Waals surface area (Å²) in [5.41, 5.74) is 1.21. The number of benzene rings is 1. The average molecular weight is 296 g/mol. The Balaban J connectivity index is 1.49. The maximum absolute atomic E-state index is 6.18. The molecule has 1 N–H and O–H groups in total. The van der Waals surface area contributed by atoms with Gasteiger partial charge in [0.25, 0.3) is 0 Å². The van der Waals surface area contributed by atoms with Crippen molar-refractivity contribution in [3.8, 4) is 0 Å². The lowest BCUT2D eigenvalue weighted by atomic mass is 9.78. The summed E-state index contributed by atoms with van der Waals surface area (Å²) < 4.78 is 6.18. The number of aromatic nitrogens is 1. The van der Waals surface area contributed by atoms with Crippen LogP contribution >= 0.6 is 0 Å². The van der Waals surface area contributed by atoms with Crippen molar-refractivity contribution in [1.29, 1.82) is 0 Å². The second-order valence-electron chi connectivity index (χ2n) is 6.82. The molecule has 2 heterocycles. The van der Waals surface area contributed by atoms with Crippen LogP contribution in [0.1, 0.15) is 44.9 Å². The van der Waals surface area contributed by atoms with E-state index in [0.29, 0.717) is 6.04 Å². The first kappa shape index (κ1) is 14.0. The Hall–Kier alpha value is -1.61. The first-order chi connectivity index (χ1) is 10.8.